The van der Waals surface area contributed by atoms with Crippen LogP contribution in [0.15, 0.2) is 35.9 Å². The minimum Gasteiger partial charge on any atom is -0.307 e. The number of nitrogens with one attached hydrogen (secondary N) is 1. The van der Waals surface area contributed by atoms with Crippen molar-refractivity contribution in [2.45, 2.75) is 26.8 Å². The Morgan fingerprint density at radius 3 is 2.60 bits per heavy atom. The Balaban J connectivity index is 2.99. The van der Waals surface area contributed by atoms with E-state index in [2.05, 4.69) is 5.32 Å². The molecule has 0 aliphatic carbocycles. The Hall–Kier alpha value is -1.15. The van der Waals surface area contributed by atoms with E-state index in [0.29, 0.717) is 5.56 Å². The summed E-state index contributed by atoms with van der Waals surface area (Å²) < 4.78 is 13.5. The number of benzene rings is 1. The highest BCUT2D eigenvalue weighted by Crippen LogP contribution is 2.19. The molecule has 0 amide bonds. The Bertz CT molecular complexity index is 340. The average Bonchev–Trinajstić information content (AvgIpc) is 2.17. The first-order valence-corrected chi connectivity index (χ1v) is 5.28. The zero-order valence-corrected chi connectivity index (χ0v) is 9.55. The monoisotopic (exact) mass is 207 g/mol. The maximum absolute atomic E-state index is 13.5. The quantitative estimate of drug-likeness (QED) is 0.746. The van der Waals surface area contributed by atoms with E-state index >= 15 is 0 Å². The second-order valence-corrected chi connectivity index (χ2v) is 3.80. The number of halogens is 1. The molecule has 0 saturated heterocycles. The molecule has 0 aliphatic rings. The molecule has 2 heteroatoms. The van der Waals surface area contributed by atoms with Crippen LogP contribution in [0.2, 0.25) is 0 Å². The van der Waals surface area contributed by atoms with Crippen molar-refractivity contribution in [2.75, 3.05) is 6.54 Å². The van der Waals surface area contributed by atoms with E-state index in [1.807, 2.05) is 39.0 Å². The number of allylic oxidation sites excluding steroid dienone is 1. The van der Waals surface area contributed by atoms with Gasteiger partial charge in [-0.3, -0.25) is 0 Å². The molecule has 0 aliphatic heterocycles. The third kappa shape index (κ3) is 3.48. The van der Waals surface area contributed by atoms with Gasteiger partial charge in [-0.05, 0) is 26.5 Å². The van der Waals surface area contributed by atoms with E-state index in [9.17, 15) is 4.39 Å². The Morgan fingerprint density at radius 2 is 2.07 bits per heavy atom. The molecule has 0 heterocycles. The van der Waals surface area contributed by atoms with Gasteiger partial charge in [0.25, 0.3) is 0 Å². The molecule has 1 rings (SSSR count). The molecule has 0 saturated carbocycles. The number of hydrogen-bond donors (Lipinski definition) is 1. The standard InChI is InChI=1S/C13H18FN/c1-4-15-13(9-10(2)3)11-7-5-6-8-12(11)14/h5-9,13,15H,4H2,1-3H3. The average molecular weight is 207 g/mol. The Kier molecular flexibility index (Phi) is 4.50. The van der Waals surface area contributed by atoms with E-state index in [0.717, 1.165) is 6.54 Å². The van der Waals surface area contributed by atoms with E-state index in [-0.39, 0.29) is 11.9 Å². The van der Waals surface area contributed by atoms with Crippen molar-refractivity contribution in [1.82, 2.24) is 5.32 Å². The predicted molar refractivity (Wildman–Crippen MR) is 62.2 cm³/mol. The molecular formula is C13H18FN. The van der Waals surface area contributed by atoms with Gasteiger partial charge in [0.15, 0.2) is 0 Å². The SMILES string of the molecule is CCNC(C=C(C)C)c1ccccc1F. The van der Waals surface area contributed by atoms with Gasteiger partial charge in [-0.25, -0.2) is 4.39 Å². The van der Waals surface area contributed by atoms with E-state index in [1.54, 1.807) is 6.07 Å². The van der Waals surface area contributed by atoms with Crippen LogP contribution in [0.1, 0.15) is 32.4 Å². The zero-order chi connectivity index (χ0) is 11.3. The lowest BCUT2D eigenvalue weighted by Crippen LogP contribution is -2.20. The minimum absolute atomic E-state index is 0.0267. The van der Waals surface area contributed by atoms with Crippen molar-refractivity contribution in [3.05, 3.63) is 47.3 Å². The van der Waals surface area contributed by atoms with Crippen LogP contribution in [-0.2, 0) is 0 Å². The topological polar surface area (TPSA) is 12.0 Å². The second kappa shape index (κ2) is 5.66. The summed E-state index contributed by atoms with van der Waals surface area (Å²) in [4.78, 5) is 0. The third-order valence-corrected chi connectivity index (χ3v) is 2.16. The van der Waals surface area contributed by atoms with Gasteiger partial charge in [0.2, 0.25) is 0 Å². The maximum Gasteiger partial charge on any atom is 0.128 e. The maximum atomic E-state index is 13.5. The molecular weight excluding hydrogens is 189 g/mol. The van der Waals surface area contributed by atoms with E-state index < -0.39 is 0 Å². The van der Waals surface area contributed by atoms with Crippen LogP contribution in [0.5, 0.6) is 0 Å². The highest BCUT2D eigenvalue weighted by molar-refractivity contribution is 5.25. The van der Waals surface area contributed by atoms with Crippen molar-refractivity contribution in [1.29, 1.82) is 0 Å². The fourth-order valence-electron chi connectivity index (χ4n) is 1.54. The summed E-state index contributed by atoms with van der Waals surface area (Å²) in [5, 5.41) is 3.25. The van der Waals surface area contributed by atoms with Crippen LogP contribution in [0, 0.1) is 5.82 Å². The van der Waals surface area contributed by atoms with Crippen LogP contribution in [-0.4, -0.2) is 6.54 Å². The molecule has 0 spiro atoms. The normalized spacial score (nSPS) is 12.3. The lowest BCUT2D eigenvalue weighted by atomic mass is 10.0. The molecule has 1 unspecified atom stereocenters. The van der Waals surface area contributed by atoms with Crippen LogP contribution in [0.4, 0.5) is 4.39 Å². The van der Waals surface area contributed by atoms with Crippen molar-refractivity contribution in [3.8, 4) is 0 Å². The number of hydrogen-bond acceptors (Lipinski definition) is 1. The van der Waals surface area contributed by atoms with Crippen LogP contribution in [0.3, 0.4) is 0 Å². The molecule has 1 aromatic rings. The minimum atomic E-state index is -0.152. The Morgan fingerprint density at radius 1 is 1.40 bits per heavy atom. The first-order valence-electron chi connectivity index (χ1n) is 5.28. The summed E-state index contributed by atoms with van der Waals surface area (Å²) in [6, 6.07) is 6.87. The smallest absolute Gasteiger partial charge is 0.128 e. The molecule has 1 nitrogen and oxygen atoms in total. The van der Waals surface area contributed by atoms with Gasteiger partial charge >= 0.3 is 0 Å². The van der Waals surface area contributed by atoms with Gasteiger partial charge in [0.05, 0.1) is 6.04 Å². The molecule has 15 heavy (non-hydrogen) atoms. The first-order chi connectivity index (χ1) is 7.15. The molecule has 82 valence electrons. The van der Waals surface area contributed by atoms with E-state index in [1.165, 1.54) is 11.6 Å². The number of rotatable bonds is 4. The molecule has 1 N–H and O–H groups in total. The van der Waals surface area contributed by atoms with Crippen molar-refractivity contribution in [3.63, 3.8) is 0 Å². The predicted octanol–water partition coefficient (Wildman–Crippen LogP) is 3.44. The molecule has 0 radical (unpaired) electrons. The fraction of sp³-hybridized carbons (Fsp3) is 0.385. The molecule has 0 fully saturated rings. The van der Waals surface area contributed by atoms with Gasteiger partial charge in [0.1, 0.15) is 5.82 Å². The van der Waals surface area contributed by atoms with Gasteiger partial charge in [-0.2, -0.15) is 0 Å². The summed E-state index contributed by atoms with van der Waals surface area (Å²) in [5.74, 6) is -0.152. The fourth-order valence-corrected chi connectivity index (χ4v) is 1.54. The van der Waals surface area contributed by atoms with Crippen molar-refractivity contribution >= 4 is 0 Å². The van der Waals surface area contributed by atoms with Crippen LogP contribution < -0.4 is 5.32 Å². The van der Waals surface area contributed by atoms with Gasteiger partial charge in [0, 0.05) is 5.56 Å². The summed E-state index contributed by atoms with van der Waals surface area (Å²) in [7, 11) is 0. The van der Waals surface area contributed by atoms with Crippen LogP contribution in [0.25, 0.3) is 0 Å². The molecule has 1 atom stereocenters. The first kappa shape index (κ1) is 11.9. The molecule has 1 aromatic carbocycles. The van der Waals surface area contributed by atoms with Crippen LogP contribution >= 0.6 is 0 Å². The Labute approximate surface area is 91.0 Å². The van der Waals surface area contributed by atoms with Crippen molar-refractivity contribution < 1.29 is 4.39 Å². The lowest BCUT2D eigenvalue weighted by Gasteiger charge is -2.15. The van der Waals surface area contributed by atoms with Gasteiger partial charge < -0.3 is 5.32 Å². The second-order valence-electron chi connectivity index (χ2n) is 3.80. The highest BCUT2D eigenvalue weighted by atomic mass is 19.1. The summed E-state index contributed by atoms with van der Waals surface area (Å²) in [5.41, 5.74) is 1.89. The van der Waals surface area contributed by atoms with Crippen molar-refractivity contribution in [2.24, 2.45) is 0 Å². The summed E-state index contributed by atoms with van der Waals surface area (Å²) in [6.07, 6.45) is 2.04. The molecule has 0 aromatic heterocycles. The summed E-state index contributed by atoms with van der Waals surface area (Å²) in [6.45, 7) is 6.88. The van der Waals surface area contributed by atoms with Gasteiger partial charge in [-0.1, -0.05) is 36.8 Å². The largest absolute Gasteiger partial charge is 0.307 e. The molecule has 0 bridgehead atoms. The zero-order valence-electron chi connectivity index (χ0n) is 9.55. The third-order valence-electron chi connectivity index (χ3n) is 2.16. The van der Waals surface area contributed by atoms with Gasteiger partial charge in [-0.15, -0.1) is 0 Å². The highest BCUT2D eigenvalue weighted by Gasteiger charge is 2.10. The summed E-state index contributed by atoms with van der Waals surface area (Å²) >= 11 is 0. The lowest BCUT2D eigenvalue weighted by molar-refractivity contribution is 0.565. The van der Waals surface area contributed by atoms with E-state index in [4.69, 9.17) is 0 Å². The number of likely N-dealkylation sites (N-methyl/N-ethyl adjacent to an activating group) is 1.